The predicted octanol–water partition coefficient (Wildman–Crippen LogP) is 4.04. The molecule has 2 N–H and O–H groups in total. The molecule has 0 aliphatic carbocycles. The number of aromatic amines is 1. The van der Waals surface area contributed by atoms with E-state index in [0.29, 0.717) is 36.0 Å². The third kappa shape index (κ3) is 6.24. The standard InChI is InChI=1S/C20H22Cl2N4O3/c1-13(18-10-23-12-24-18)6-19(27)25-17-2-4-26(5-3-17)20(28)29-11-14-7-15(21)9-16(22)8-14/h6-10,12,17H,2-5,11H2,1H3,(H,23,24)(H,25,27)/b13-6+. The van der Waals surface area contributed by atoms with E-state index < -0.39 is 0 Å². The summed E-state index contributed by atoms with van der Waals surface area (Å²) < 4.78 is 5.35. The van der Waals surface area contributed by atoms with Gasteiger partial charge in [-0.05, 0) is 49.1 Å². The highest BCUT2D eigenvalue weighted by Crippen LogP contribution is 2.20. The fourth-order valence-corrected chi connectivity index (χ4v) is 3.70. The summed E-state index contributed by atoms with van der Waals surface area (Å²) in [6.45, 7) is 2.99. The van der Waals surface area contributed by atoms with E-state index in [-0.39, 0.29) is 24.6 Å². The summed E-state index contributed by atoms with van der Waals surface area (Å²) in [5.41, 5.74) is 2.35. The number of H-pyrrole nitrogens is 1. The highest BCUT2D eigenvalue weighted by molar-refractivity contribution is 6.34. The molecule has 1 aliphatic heterocycles. The number of ether oxygens (including phenoxy) is 1. The van der Waals surface area contributed by atoms with Crippen LogP contribution < -0.4 is 5.32 Å². The van der Waals surface area contributed by atoms with Gasteiger partial charge in [0.05, 0.1) is 18.2 Å². The number of carbonyl (C=O) groups is 2. The second kappa shape index (κ2) is 9.80. The van der Waals surface area contributed by atoms with Crippen molar-refractivity contribution in [1.29, 1.82) is 0 Å². The van der Waals surface area contributed by atoms with Gasteiger partial charge in [-0.1, -0.05) is 23.2 Å². The molecule has 1 saturated heterocycles. The van der Waals surface area contributed by atoms with E-state index in [2.05, 4.69) is 15.3 Å². The van der Waals surface area contributed by atoms with E-state index >= 15 is 0 Å². The van der Waals surface area contributed by atoms with Crippen molar-refractivity contribution in [1.82, 2.24) is 20.2 Å². The molecule has 9 heteroatoms. The van der Waals surface area contributed by atoms with Crippen molar-refractivity contribution < 1.29 is 14.3 Å². The van der Waals surface area contributed by atoms with Crippen molar-refractivity contribution >= 4 is 40.8 Å². The Morgan fingerprint density at radius 1 is 1.28 bits per heavy atom. The second-order valence-corrected chi connectivity index (χ2v) is 7.77. The molecule has 7 nitrogen and oxygen atoms in total. The van der Waals surface area contributed by atoms with Gasteiger partial charge in [0.25, 0.3) is 0 Å². The van der Waals surface area contributed by atoms with Gasteiger partial charge in [0, 0.05) is 35.3 Å². The summed E-state index contributed by atoms with van der Waals surface area (Å²) in [6.07, 6.45) is 5.73. The van der Waals surface area contributed by atoms with Crippen LogP contribution in [0.25, 0.3) is 5.57 Å². The Morgan fingerprint density at radius 2 is 1.97 bits per heavy atom. The largest absolute Gasteiger partial charge is 0.445 e. The van der Waals surface area contributed by atoms with Crippen LogP contribution in [0.3, 0.4) is 0 Å². The number of carbonyl (C=O) groups excluding carboxylic acids is 2. The first kappa shape index (κ1) is 21.2. The maximum Gasteiger partial charge on any atom is 0.410 e. The van der Waals surface area contributed by atoms with Crippen LogP contribution >= 0.6 is 23.2 Å². The van der Waals surface area contributed by atoms with Gasteiger partial charge in [0.2, 0.25) is 5.91 Å². The SMILES string of the molecule is C/C(=C\C(=O)NC1CCN(C(=O)OCc2cc(Cl)cc(Cl)c2)CC1)c1cnc[nH]1. The van der Waals surface area contributed by atoms with Crippen LogP contribution in [-0.4, -0.2) is 46.0 Å². The molecule has 0 saturated carbocycles. The van der Waals surface area contributed by atoms with Crippen molar-refractivity contribution in [2.24, 2.45) is 0 Å². The molecule has 0 spiro atoms. The number of nitrogens with zero attached hydrogens (tertiary/aromatic N) is 2. The van der Waals surface area contributed by atoms with E-state index in [4.69, 9.17) is 27.9 Å². The minimum Gasteiger partial charge on any atom is -0.445 e. The van der Waals surface area contributed by atoms with E-state index in [9.17, 15) is 9.59 Å². The van der Waals surface area contributed by atoms with Crippen molar-refractivity contribution in [3.63, 3.8) is 0 Å². The Kier molecular flexibility index (Phi) is 7.17. The van der Waals surface area contributed by atoms with Gasteiger partial charge in [-0.3, -0.25) is 4.79 Å². The van der Waals surface area contributed by atoms with E-state index in [1.807, 2.05) is 6.92 Å². The smallest absolute Gasteiger partial charge is 0.410 e. The lowest BCUT2D eigenvalue weighted by atomic mass is 10.1. The lowest BCUT2D eigenvalue weighted by Crippen LogP contribution is -2.46. The highest BCUT2D eigenvalue weighted by atomic mass is 35.5. The molecule has 154 valence electrons. The zero-order valence-electron chi connectivity index (χ0n) is 16.0. The summed E-state index contributed by atoms with van der Waals surface area (Å²) in [5, 5.41) is 3.98. The molecule has 0 atom stereocenters. The summed E-state index contributed by atoms with van der Waals surface area (Å²) in [7, 11) is 0. The number of aromatic nitrogens is 2. The molecule has 1 aromatic carbocycles. The quantitative estimate of drug-likeness (QED) is 0.692. The topological polar surface area (TPSA) is 87.3 Å². The molecular formula is C20H22Cl2N4O3. The summed E-state index contributed by atoms with van der Waals surface area (Å²) in [6, 6.07) is 5.06. The Bertz CT molecular complexity index is 871. The zero-order valence-corrected chi connectivity index (χ0v) is 17.5. The highest BCUT2D eigenvalue weighted by Gasteiger charge is 2.24. The third-order valence-corrected chi connectivity index (χ3v) is 5.09. The van der Waals surface area contributed by atoms with Crippen LogP contribution in [0.4, 0.5) is 4.79 Å². The summed E-state index contributed by atoms with van der Waals surface area (Å²) in [4.78, 5) is 33.0. The number of hydrogen-bond acceptors (Lipinski definition) is 4. The van der Waals surface area contributed by atoms with Crippen molar-refractivity contribution in [2.45, 2.75) is 32.4 Å². The van der Waals surface area contributed by atoms with Crippen LogP contribution in [0.1, 0.15) is 31.0 Å². The van der Waals surface area contributed by atoms with E-state index in [0.717, 1.165) is 16.8 Å². The van der Waals surface area contributed by atoms with Gasteiger partial charge in [0.1, 0.15) is 6.61 Å². The second-order valence-electron chi connectivity index (χ2n) is 6.89. The molecule has 29 heavy (non-hydrogen) atoms. The van der Waals surface area contributed by atoms with Gasteiger partial charge in [-0.25, -0.2) is 9.78 Å². The zero-order chi connectivity index (χ0) is 20.8. The van der Waals surface area contributed by atoms with Crippen molar-refractivity contribution in [3.8, 4) is 0 Å². The first-order valence-corrected chi connectivity index (χ1v) is 10.0. The van der Waals surface area contributed by atoms with Crippen LogP contribution in [0.5, 0.6) is 0 Å². The lowest BCUT2D eigenvalue weighted by Gasteiger charge is -2.31. The summed E-state index contributed by atoms with van der Waals surface area (Å²) >= 11 is 11.9. The molecule has 1 aromatic heterocycles. The average Bonchev–Trinajstić information content (AvgIpc) is 3.21. The van der Waals surface area contributed by atoms with Crippen LogP contribution in [0.2, 0.25) is 10.0 Å². The average molecular weight is 437 g/mol. The molecular weight excluding hydrogens is 415 g/mol. The van der Waals surface area contributed by atoms with Gasteiger partial charge >= 0.3 is 6.09 Å². The third-order valence-electron chi connectivity index (χ3n) is 4.65. The van der Waals surface area contributed by atoms with Crippen molar-refractivity contribution in [3.05, 3.63) is 58.1 Å². The first-order chi connectivity index (χ1) is 13.9. The summed E-state index contributed by atoms with van der Waals surface area (Å²) in [5.74, 6) is -0.157. The molecule has 3 rings (SSSR count). The first-order valence-electron chi connectivity index (χ1n) is 9.25. The normalized spacial score (nSPS) is 15.3. The Labute approximate surface area is 179 Å². The number of halogens is 2. The Balaban J connectivity index is 1.43. The Morgan fingerprint density at radius 3 is 2.59 bits per heavy atom. The number of imidazole rings is 1. The molecule has 1 aliphatic rings. The van der Waals surface area contributed by atoms with E-state index in [1.54, 1.807) is 41.7 Å². The van der Waals surface area contributed by atoms with Gasteiger partial charge < -0.3 is 19.9 Å². The fraction of sp³-hybridized carbons (Fsp3) is 0.350. The maximum absolute atomic E-state index is 12.3. The van der Waals surface area contributed by atoms with Gasteiger partial charge in [-0.15, -0.1) is 0 Å². The van der Waals surface area contributed by atoms with Crippen LogP contribution in [-0.2, 0) is 16.1 Å². The molecule has 2 heterocycles. The lowest BCUT2D eigenvalue weighted by molar-refractivity contribution is -0.117. The van der Waals surface area contributed by atoms with Gasteiger partial charge in [0.15, 0.2) is 0 Å². The maximum atomic E-state index is 12.3. The number of nitrogens with one attached hydrogen (secondary N) is 2. The number of hydrogen-bond donors (Lipinski definition) is 2. The molecule has 0 unspecified atom stereocenters. The molecule has 0 radical (unpaired) electrons. The number of rotatable bonds is 5. The van der Waals surface area contributed by atoms with Crippen LogP contribution in [0.15, 0.2) is 36.8 Å². The Hall–Kier alpha value is -2.51. The minimum atomic E-state index is -0.388. The minimum absolute atomic E-state index is 0.0177. The van der Waals surface area contributed by atoms with Crippen molar-refractivity contribution in [2.75, 3.05) is 13.1 Å². The van der Waals surface area contributed by atoms with E-state index in [1.165, 1.54) is 0 Å². The number of likely N-dealkylation sites (tertiary alicyclic amines) is 1. The number of benzene rings is 1. The molecule has 2 amide bonds. The fourth-order valence-electron chi connectivity index (χ4n) is 3.13. The molecule has 0 bridgehead atoms. The predicted molar refractivity (Wildman–Crippen MR) is 112 cm³/mol. The monoisotopic (exact) mass is 436 g/mol. The molecule has 2 aromatic rings. The number of amides is 2. The van der Waals surface area contributed by atoms with Crippen LogP contribution in [0, 0.1) is 0 Å². The molecule has 1 fully saturated rings. The number of allylic oxidation sites excluding steroid dienone is 1. The van der Waals surface area contributed by atoms with Gasteiger partial charge in [-0.2, -0.15) is 0 Å². The number of piperidine rings is 1.